The third kappa shape index (κ3) is 3.59. The van der Waals surface area contributed by atoms with Gasteiger partial charge in [0.15, 0.2) is 0 Å². The monoisotopic (exact) mass is 401 g/mol. The fourth-order valence-corrected chi connectivity index (χ4v) is 2.70. The van der Waals surface area contributed by atoms with Gasteiger partial charge in [0.25, 0.3) is 0 Å². The molecular formula is C15H14Br2FNO. The van der Waals surface area contributed by atoms with Crippen molar-refractivity contribution in [1.82, 2.24) is 5.32 Å². The van der Waals surface area contributed by atoms with Gasteiger partial charge in [-0.25, -0.2) is 4.39 Å². The Balaban J connectivity index is 2.22. The van der Waals surface area contributed by atoms with Crippen molar-refractivity contribution < 1.29 is 9.13 Å². The van der Waals surface area contributed by atoms with Crippen LogP contribution >= 0.6 is 31.9 Å². The van der Waals surface area contributed by atoms with Gasteiger partial charge in [-0.3, -0.25) is 0 Å². The number of hydrogen-bond donors (Lipinski definition) is 1. The van der Waals surface area contributed by atoms with Gasteiger partial charge in [0, 0.05) is 16.6 Å². The molecule has 0 heterocycles. The fourth-order valence-electron chi connectivity index (χ4n) is 1.75. The van der Waals surface area contributed by atoms with E-state index in [2.05, 4.69) is 44.1 Å². The van der Waals surface area contributed by atoms with Gasteiger partial charge in [-0.1, -0.05) is 22.0 Å². The lowest BCUT2D eigenvalue weighted by molar-refractivity contribution is 0.475. The molecule has 0 aliphatic rings. The Bertz CT molecular complexity index is 619. The van der Waals surface area contributed by atoms with Crippen LogP contribution in [0.4, 0.5) is 4.39 Å². The molecule has 0 bridgehead atoms. The van der Waals surface area contributed by atoms with Gasteiger partial charge >= 0.3 is 0 Å². The summed E-state index contributed by atoms with van der Waals surface area (Å²) < 4.78 is 20.5. The zero-order chi connectivity index (χ0) is 14.7. The average molecular weight is 403 g/mol. The van der Waals surface area contributed by atoms with Crippen LogP contribution in [-0.4, -0.2) is 7.05 Å². The maximum absolute atomic E-state index is 13.4. The Kier molecular flexibility index (Phi) is 5.18. The van der Waals surface area contributed by atoms with Crippen LogP contribution in [0.25, 0.3) is 0 Å². The molecule has 2 aromatic carbocycles. The molecule has 5 heteroatoms. The zero-order valence-corrected chi connectivity index (χ0v) is 14.3. The predicted octanol–water partition coefficient (Wildman–Crippen LogP) is 5.42. The first-order valence-corrected chi connectivity index (χ1v) is 7.69. The van der Waals surface area contributed by atoms with E-state index in [1.165, 1.54) is 6.07 Å². The van der Waals surface area contributed by atoms with Gasteiger partial charge in [0.05, 0.1) is 4.47 Å². The topological polar surface area (TPSA) is 21.3 Å². The first-order valence-electron chi connectivity index (χ1n) is 6.11. The van der Waals surface area contributed by atoms with Crippen molar-refractivity contribution in [2.24, 2.45) is 0 Å². The second-order valence-electron chi connectivity index (χ2n) is 4.37. The van der Waals surface area contributed by atoms with Gasteiger partial charge in [-0.05, 0) is 59.7 Å². The molecule has 2 nitrogen and oxygen atoms in total. The Morgan fingerprint density at radius 2 is 1.70 bits per heavy atom. The minimum atomic E-state index is -0.345. The first-order chi connectivity index (χ1) is 9.51. The van der Waals surface area contributed by atoms with E-state index in [-0.39, 0.29) is 11.9 Å². The fraction of sp³-hybridized carbons (Fsp3) is 0.200. The van der Waals surface area contributed by atoms with E-state index in [0.717, 1.165) is 10.0 Å². The van der Waals surface area contributed by atoms with Gasteiger partial charge < -0.3 is 10.1 Å². The van der Waals surface area contributed by atoms with E-state index in [1.54, 1.807) is 12.1 Å². The maximum atomic E-state index is 13.4. The summed E-state index contributed by atoms with van der Waals surface area (Å²) in [5.74, 6) is 0.777. The molecule has 20 heavy (non-hydrogen) atoms. The second kappa shape index (κ2) is 6.70. The molecular weight excluding hydrogens is 389 g/mol. The van der Waals surface area contributed by atoms with Crippen LogP contribution in [0.1, 0.15) is 18.5 Å². The van der Waals surface area contributed by atoms with Crippen LogP contribution in [0.3, 0.4) is 0 Å². The summed E-state index contributed by atoms with van der Waals surface area (Å²) in [4.78, 5) is 0. The minimum Gasteiger partial charge on any atom is -0.457 e. The van der Waals surface area contributed by atoms with E-state index in [9.17, 15) is 4.39 Å². The molecule has 0 aliphatic carbocycles. The lowest BCUT2D eigenvalue weighted by Crippen LogP contribution is -2.12. The molecule has 0 spiro atoms. The van der Waals surface area contributed by atoms with Crippen LogP contribution < -0.4 is 10.1 Å². The Labute approximate surface area is 134 Å². The molecule has 106 valence electrons. The standard InChI is InChI=1S/C15H14Br2FNO/c1-9(19-2)12-5-3-10(7-14(12)17)20-11-4-6-13(16)15(18)8-11/h3-9,19H,1-2H3. The highest BCUT2D eigenvalue weighted by molar-refractivity contribution is 9.10. The third-order valence-electron chi connectivity index (χ3n) is 3.00. The summed E-state index contributed by atoms with van der Waals surface area (Å²) in [7, 11) is 1.91. The van der Waals surface area contributed by atoms with Crippen molar-refractivity contribution in [1.29, 1.82) is 0 Å². The van der Waals surface area contributed by atoms with E-state index in [4.69, 9.17) is 4.74 Å². The summed E-state index contributed by atoms with van der Waals surface area (Å²) in [6.07, 6.45) is 0. The van der Waals surface area contributed by atoms with Gasteiger partial charge in [-0.2, -0.15) is 0 Å². The van der Waals surface area contributed by atoms with E-state index >= 15 is 0 Å². The summed E-state index contributed by atoms with van der Waals surface area (Å²) in [5, 5.41) is 3.18. The molecule has 0 saturated heterocycles. The number of nitrogens with one attached hydrogen (secondary N) is 1. The van der Waals surface area contributed by atoms with Crippen molar-refractivity contribution in [2.75, 3.05) is 7.05 Å². The Morgan fingerprint density at radius 3 is 2.30 bits per heavy atom. The summed E-state index contributed by atoms with van der Waals surface area (Å²) in [5.41, 5.74) is 1.14. The normalized spacial score (nSPS) is 12.2. The Hall–Kier alpha value is -0.910. The Morgan fingerprint density at radius 1 is 1.05 bits per heavy atom. The quantitative estimate of drug-likeness (QED) is 0.736. The van der Waals surface area contributed by atoms with E-state index < -0.39 is 0 Å². The molecule has 1 unspecified atom stereocenters. The highest BCUT2D eigenvalue weighted by Crippen LogP contribution is 2.31. The zero-order valence-electron chi connectivity index (χ0n) is 11.1. The van der Waals surface area contributed by atoms with Crippen LogP contribution in [0, 0.1) is 5.82 Å². The minimum absolute atomic E-state index is 0.239. The number of halogens is 3. The van der Waals surface area contributed by atoms with Crippen molar-refractivity contribution in [3.63, 3.8) is 0 Å². The summed E-state index contributed by atoms with van der Waals surface area (Å²) >= 11 is 6.64. The van der Waals surface area contributed by atoms with Crippen LogP contribution in [0.15, 0.2) is 45.3 Å². The number of benzene rings is 2. The first kappa shape index (κ1) is 15.5. The lowest BCUT2D eigenvalue weighted by atomic mass is 10.1. The predicted molar refractivity (Wildman–Crippen MR) is 85.8 cm³/mol. The van der Waals surface area contributed by atoms with Crippen molar-refractivity contribution in [2.45, 2.75) is 13.0 Å². The molecule has 2 aromatic rings. The van der Waals surface area contributed by atoms with Crippen molar-refractivity contribution in [3.8, 4) is 11.5 Å². The lowest BCUT2D eigenvalue weighted by Gasteiger charge is -2.14. The molecule has 0 aliphatic heterocycles. The maximum Gasteiger partial charge on any atom is 0.141 e. The van der Waals surface area contributed by atoms with Crippen LogP contribution in [-0.2, 0) is 0 Å². The van der Waals surface area contributed by atoms with Crippen LogP contribution in [0.5, 0.6) is 11.5 Å². The SMILES string of the molecule is CNC(C)c1ccc(Oc2ccc(Br)c(F)c2)cc1Br. The number of hydrogen-bond acceptors (Lipinski definition) is 2. The molecule has 2 rings (SSSR count). The number of ether oxygens (including phenoxy) is 1. The molecule has 0 saturated carbocycles. The second-order valence-corrected chi connectivity index (χ2v) is 6.08. The van der Waals surface area contributed by atoms with Crippen molar-refractivity contribution >= 4 is 31.9 Å². The molecule has 0 fully saturated rings. The largest absolute Gasteiger partial charge is 0.457 e. The molecule has 0 aromatic heterocycles. The molecule has 1 N–H and O–H groups in total. The highest BCUT2D eigenvalue weighted by atomic mass is 79.9. The third-order valence-corrected chi connectivity index (χ3v) is 4.33. The van der Waals surface area contributed by atoms with Crippen LogP contribution in [0.2, 0.25) is 0 Å². The summed E-state index contributed by atoms with van der Waals surface area (Å²) in [6.45, 7) is 2.07. The van der Waals surface area contributed by atoms with Gasteiger partial charge in [0.1, 0.15) is 17.3 Å². The van der Waals surface area contributed by atoms with Gasteiger partial charge in [-0.15, -0.1) is 0 Å². The molecule has 0 amide bonds. The molecule has 0 radical (unpaired) electrons. The van der Waals surface area contributed by atoms with E-state index in [0.29, 0.717) is 16.0 Å². The highest BCUT2D eigenvalue weighted by Gasteiger charge is 2.09. The van der Waals surface area contributed by atoms with Gasteiger partial charge in [0.2, 0.25) is 0 Å². The van der Waals surface area contributed by atoms with Crippen molar-refractivity contribution in [3.05, 3.63) is 56.7 Å². The molecule has 1 atom stereocenters. The average Bonchev–Trinajstić information content (AvgIpc) is 2.42. The number of rotatable bonds is 4. The van der Waals surface area contributed by atoms with E-state index in [1.807, 2.05) is 25.2 Å². The summed E-state index contributed by atoms with van der Waals surface area (Å²) in [6, 6.07) is 10.7. The smallest absolute Gasteiger partial charge is 0.141 e.